The van der Waals surface area contributed by atoms with E-state index in [0.29, 0.717) is 5.56 Å². The maximum atomic E-state index is 13.8. The summed E-state index contributed by atoms with van der Waals surface area (Å²) in [7, 11) is 0. The van der Waals surface area contributed by atoms with Gasteiger partial charge in [0.25, 0.3) is 0 Å². The number of hydrogen-bond acceptors (Lipinski definition) is 7. The van der Waals surface area contributed by atoms with Crippen molar-refractivity contribution in [2.75, 3.05) is 5.43 Å². The van der Waals surface area contributed by atoms with Gasteiger partial charge in [-0.15, -0.1) is 0 Å². The highest BCUT2D eigenvalue weighted by Gasteiger charge is 2.25. The Balaban J connectivity index is 2.48. The molecular formula is C11H10FN5O3. The van der Waals surface area contributed by atoms with Gasteiger partial charge in [-0.1, -0.05) is 12.1 Å². The molecule has 2 aromatic rings. The molecule has 20 heavy (non-hydrogen) atoms. The van der Waals surface area contributed by atoms with Crippen LogP contribution in [0.15, 0.2) is 24.5 Å². The molecule has 0 bridgehead atoms. The fraction of sp³-hybridized carbons (Fsp3) is 0.0909. The van der Waals surface area contributed by atoms with Gasteiger partial charge in [-0.3, -0.25) is 10.1 Å². The molecule has 1 heterocycles. The Bertz CT molecular complexity index is 665. The van der Waals surface area contributed by atoms with Crippen LogP contribution in [0.25, 0.3) is 0 Å². The van der Waals surface area contributed by atoms with E-state index in [1.54, 1.807) is 19.1 Å². The number of hydrazine groups is 1. The molecule has 8 nitrogen and oxygen atoms in total. The Kier molecular flexibility index (Phi) is 3.71. The van der Waals surface area contributed by atoms with E-state index in [1.165, 1.54) is 6.07 Å². The quantitative estimate of drug-likeness (QED) is 0.498. The van der Waals surface area contributed by atoms with E-state index in [2.05, 4.69) is 15.4 Å². The normalized spacial score (nSPS) is 10.2. The van der Waals surface area contributed by atoms with E-state index in [9.17, 15) is 14.5 Å². The lowest BCUT2D eigenvalue weighted by Gasteiger charge is -2.08. The maximum absolute atomic E-state index is 13.8. The van der Waals surface area contributed by atoms with Gasteiger partial charge in [-0.25, -0.2) is 15.2 Å². The van der Waals surface area contributed by atoms with Gasteiger partial charge in [0.15, 0.2) is 11.6 Å². The minimum atomic E-state index is -0.766. The average molecular weight is 279 g/mol. The molecule has 0 atom stereocenters. The molecule has 0 aliphatic rings. The maximum Gasteiger partial charge on any atom is 0.374 e. The molecule has 0 spiro atoms. The molecule has 9 heteroatoms. The first-order valence-electron chi connectivity index (χ1n) is 5.43. The monoisotopic (exact) mass is 279 g/mol. The fourth-order valence-electron chi connectivity index (χ4n) is 1.51. The van der Waals surface area contributed by atoms with Crippen LogP contribution >= 0.6 is 0 Å². The first-order valence-corrected chi connectivity index (χ1v) is 5.43. The molecule has 0 fully saturated rings. The smallest absolute Gasteiger partial charge is 0.374 e. The van der Waals surface area contributed by atoms with Gasteiger partial charge in [0.2, 0.25) is 5.82 Å². The van der Waals surface area contributed by atoms with Gasteiger partial charge in [-0.05, 0) is 18.6 Å². The Labute approximate surface area is 112 Å². The lowest BCUT2D eigenvalue weighted by atomic mass is 10.2. The summed E-state index contributed by atoms with van der Waals surface area (Å²) in [5.74, 6) is 3.71. The third-order valence-electron chi connectivity index (χ3n) is 2.47. The van der Waals surface area contributed by atoms with Crippen molar-refractivity contribution in [3.05, 3.63) is 46.0 Å². The Hall–Kier alpha value is -2.81. The number of nitrogen functional groups attached to an aromatic ring is 1. The molecule has 3 N–H and O–H groups in total. The number of nitrogens with zero attached hydrogens (tertiary/aromatic N) is 3. The third kappa shape index (κ3) is 2.47. The standard InChI is InChI=1S/C11H10FN5O3/c1-6-3-2-4-7(8(6)12)20-11-9(17(18)19)10(16-13)14-5-15-11/h2-5H,13H2,1H3,(H,14,15,16). The second-order valence-corrected chi connectivity index (χ2v) is 3.77. The van der Waals surface area contributed by atoms with Crippen LogP contribution in [0.5, 0.6) is 11.6 Å². The number of hydrogen-bond donors (Lipinski definition) is 2. The van der Waals surface area contributed by atoms with Gasteiger partial charge >= 0.3 is 11.6 Å². The number of halogens is 1. The van der Waals surface area contributed by atoms with Crippen LogP contribution in [0.2, 0.25) is 0 Å². The summed E-state index contributed by atoms with van der Waals surface area (Å²) in [6.45, 7) is 1.55. The molecule has 0 aliphatic carbocycles. The number of aromatic nitrogens is 2. The molecular weight excluding hydrogens is 269 g/mol. The van der Waals surface area contributed by atoms with Gasteiger partial charge in [0.1, 0.15) is 6.33 Å². The van der Waals surface area contributed by atoms with Crippen molar-refractivity contribution >= 4 is 11.5 Å². The Morgan fingerprint density at radius 2 is 2.20 bits per heavy atom. The van der Waals surface area contributed by atoms with Crippen LogP contribution in [-0.4, -0.2) is 14.9 Å². The van der Waals surface area contributed by atoms with Gasteiger partial charge < -0.3 is 10.2 Å². The minimum absolute atomic E-state index is 0.172. The number of nitrogens with two attached hydrogens (primary N) is 1. The summed E-state index contributed by atoms with van der Waals surface area (Å²) in [5.41, 5.74) is 1.83. The Morgan fingerprint density at radius 1 is 1.45 bits per heavy atom. The highest BCUT2D eigenvalue weighted by Crippen LogP contribution is 2.34. The predicted molar refractivity (Wildman–Crippen MR) is 67.7 cm³/mol. The van der Waals surface area contributed by atoms with Crippen molar-refractivity contribution in [3.8, 4) is 11.6 Å². The average Bonchev–Trinajstić information content (AvgIpc) is 2.43. The Morgan fingerprint density at radius 3 is 2.85 bits per heavy atom. The number of ether oxygens (including phenoxy) is 1. The zero-order chi connectivity index (χ0) is 14.7. The lowest BCUT2D eigenvalue weighted by molar-refractivity contribution is -0.385. The van der Waals surface area contributed by atoms with Crippen molar-refractivity contribution in [1.82, 2.24) is 9.97 Å². The first-order chi connectivity index (χ1) is 9.54. The fourth-order valence-corrected chi connectivity index (χ4v) is 1.51. The van der Waals surface area contributed by atoms with E-state index in [0.717, 1.165) is 6.33 Å². The molecule has 0 saturated heterocycles. The van der Waals surface area contributed by atoms with E-state index < -0.39 is 22.3 Å². The number of anilines is 1. The predicted octanol–water partition coefficient (Wildman–Crippen LogP) is 1.91. The van der Waals surface area contributed by atoms with E-state index in [4.69, 9.17) is 10.6 Å². The number of benzene rings is 1. The lowest BCUT2D eigenvalue weighted by Crippen LogP contribution is -2.12. The molecule has 0 saturated carbocycles. The molecule has 0 radical (unpaired) electrons. The second-order valence-electron chi connectivity index (χ2n) is 3.77. The highest BCUT2D eigenvalue weighted by atomic mass is 19.1. The summed E-state index contributed by atoms with van der Waals surface area (Å²) in [6.07, 6.45) is 1.02. The molecule has 2 rings (SSSR count). The highest BCUT2D eigenvalue weighted by molar-refractivity contribution is 5.61. The summed E-state index contributed by atoms with van der Waals surface area (Å²) in [4.78, 5) is 17.5. The number of rotatable bonds is 4. The zero-order valence-corrected chi connectivity index (χ0v) is 10.3. The van der Waals surface area contributed by atoms with Crippen LogP contribution in [0.3, 0.4) is 0 Å². The minimum Gasteiger partial charge on any atom is -0.430 e. The molecule has 0 aliphatic heterocycles. The summed E-state index contributed by atoms with van der Waals surface area (Å²) < 4.78 is 19.0. The van der Waals surface area contributed by atoms with Gasteiger partial charge in [-0.2, -0.15) is 4.98 Å². The van der Waals surface area contributed by atoms with Gasteiger partial charge in [0, 0.05) is 0 Å². The molecule has 0 unspecified atom stereocenters. The first kappa shape index (κ1) is 13.6. The zero-order valence-electron chi connectivity index (χ0n) is 10.3. The van der Waals surface area contributed by atoms with Gasteiger partial charge in [0.05, 0.1) is 4.92 Å². The number of nitrogens with one attached hydrogen (secondary N) is 1. The van der Waals surface area contributed by atoms with Crippen LogP contribution in [0.4, 0.5) is 15.9 Å². The number of nitro groups is 1. The SMILES string of the molecule is Cc1cccc(Oc2ncnc(NN)c2[N+](=O)[O-])c1F. The van der Waals surface area contributed by atoms with Crippen LogP contribution in [0, 0.1) is 22.9 Å². The van der Waals surface area contributed by atoms with E-state index >= 15 is 0 Å². The van der Waals surface area contributed by atoms with Crippen molar-refractivity contribution in [2.45, 2.75) is 6.92 Å². The molecule has 104 valence electrons. The van der Waals surface area contributed by atoms with Crippen LogP contribution in [-0.2, 0) is 0 Å². The van der Waals surface area contributed by atoms with E-state index in [1.807, 2.05) is 0 Å². The molecule has 1 aromatic heterocycles. The summed E-state index contributed by atoms with van der Waals surface area (Å²) in [6, 6.07) is 4.44. The van der Waals surface area contributed by atoms with Crippen molar-refractivity contribution in [2.24, 2.45) is 5.84 Å². The van der Waals surface area contributed by atoms with E-state index in [-0.39, 0.29) is 11.6 Å². The molecule has 0 amide bonds. The van der Waals surface area contributed by atoms with Crippen LogP contribution < -0.4 is 16.0 Å². The summed E-state index contributed by atoms with van der Waals surface area (Å²) in [5, 5.41) is 11.0. The van der Waals surface area contributed by atoms with Crippen molar-refractivity contribution < 1.29 is 14.1 Å². The van der Waals surface area contributed by atoms with Crippen LogP contribution in [0.1, 0.15) is 5.56 Å². The largest absolute Gasteiger partial charge is 0.430 e. The number of aryl methyl sites for hydroxylation is 1. The van der Waals surface area contributed by atoms with Crippen molar-refractivity contribution in [3.63, 3.8) is 0 Å². The summed E-state index contributed by atoms with van der Waals surface area (Å²) >= 11 is 0. The third-order valence-corrected chi connectivity index (χ3v) is 2.47. The second kappa shape index (κ2) is 5.45. The topological polar surface area (TPSA) is 116 Å². The molecule has 1 aromatic carbocycles. The van der Waals surface area contributed by atoms with Crippen molar-refractivity contribution in [1.29, 1.82) is 0 Å².